The Bertz CT molecular complexity index is 786. The van der Waals surface area contributed by atoms with Gasteiger partial charge >= 0.3 is 0 Å². The van der Waals surface area contributed by atoms with E-state index in [0.717, 1.165) is 34.8 Å². The number of ether oxygens (including phenoxy) is 1. The molecule has 0 saturated heterocycles. The summed E-state index contributed by atoms with van der Waals surface area (Å²) in [5.74, 6) is 2.53. The van der Waals surface area contributed by atoms with Gasteiger partial charge in [-0.05, 0) is 30.7 Å². The summed E-state index contributed by atoms with van der Waals surface area (Å²) >= 11 is 0. The van der Waals surface area contributed by atoms with E-state index in [2.05, 4.69) is 32.0 Å². The van der Waals surface area contributed by atoms with Crippen LogP contribution in [0.2, 0.25) is 0 Å². The van der Waals surface area contributed by atoms with Gasteiger partial charge in [-0.2, -0.15) is 0 Å². The summed E-state index contributed by atoms with van der Waals surface area (Å²) in [4.78, 5) is 15.3. The molecule has 3 rings (SSSR count). The second-order valence-corrected chi connectivity index (χ2v) is 5.19. The molecule has 112 valence electrons. The second kappa shape index (κ2) is 5.97. The first-order chi connectivity index (χ1) is 10.7. The average molecular weight is 294 g/mol. The van der Waals surface area contributed by atoms with E-state index in [-0.39, 0.29) is 0 Å². The Kier molecular flexibility index (Phi) is 3.87. The van der Waals surface area contributed by atoms with Gasteiger partial charge in [0.05, 0.1) is 18.8 Å². The minimum atomic E-state index is 0.747. The molecule has 0 saturated carbocycles. The van der Waals surface area contributed by atoms with Crippen LogP contribution in [0.15, 0.2) is 42.7 Å². The van der Waals surface area contributed by atoms with Crippen molar-refractivity contribution in [1.82, 2.24) is 15.0 Å². The molecule has 0 spiro atoms. The summed E-state index contributed by atoms with van der Waals surface area (Å²) in [6, 6.07) is 10.0. The SMILES string of the molecule is COc1ccc(CN(C)c2nc(C)nc3cnccc23)cc1. The third-order valence-electron chi connectivity index (χ3n) is 3.53. The minimum Gasteiger partial charge on any atom is -0.497 e. The number of nitrogens with zero attached hydrogens (tertiary/aromatic N) is 4. The molecule has 0 aliphatic heterocycles. The van der Waals surface area contributed by atoms with Crippen LogP contribution >= 0.6 is 0 Å². The van der Waals surface area contributed by atoms with Crippen LogP contribution in [0.1, 0.15) is 11.4 Å². The fourth-order valence-corrected chi connectivity index (χ4v) is 2.45. The monoisotopic (exact) mass is 294 g/mol. The summed E-state index contributed by atoms with van der Waals surface area (Å²) in [6.07, 6.45) is 3.54. The average Bonchev–Trinajstić information content (AvgIpc) is 2.54. The predicted octanol–water partition coefficient (Wildman–Crippen LogP) is 2.98. The number of pyridine rings is 1. The molecule has 0 N–H and O–H groups in total. The van der Waals surface area contributed by atoms with Gasteiger partial charge in [0, 0.05) is 25.2 Å². The number of benzene rings is 1. The van der Waals surface area contributed by atoms with Gasteiger partial charge in [0.1, 0.15) is 17.4 Å². The first kappa shape index (κ1) is 14.3. The lowest BCUT2D eigenvalue weighted by molar-refractivity contribution is 0.414. The maximum atomic E-state index is 5.19. The maximum absolute atomic E-state index is 5.19. The Morgan fingerprint density at radius 1 is 1.09 bits per heavy atom. The molecule has 5 nitrogen and oxygen atoms in total. The third kappa shape index (κ3) is 2.83. The number of aryl methyl sites for hydroxylation is 1. The molecule has 0 aliphatic rings. The molecule has 0 unspecified atom stereocenters. The number of aromatic nitrogens is 3. The molecule has 0 amide bonds. The topological polar surface area (TPSA) is 51.1 Å². The highest BCUT2D eigenvalue weighted by Gasteiger charge is 2.10. The molecular weight excluding hydrogens is 276 g/mol. The summed E-state index contributed by atoms with van der Waals surface area (Å²) in [5, 5.41) is 1.01. The van der Waals surface area contributed by atoms with E-state index >= 15 is 0 Å². The lowest BCUT2D eigenvalue weighted by Crippen LogP contribution is -2.18. The summed E-state index contributed by atoms with van der Waals surface area (Å²) in [6.45, 7) is 2.66. The number of hydrogen-bond donors (Lipinski definition) is 0. The molecule has 0 radical (unpaired) electrons. The lowest BCUT2D eigenvalue weighted by atomic mass is 10.2. The van der Waals surface area contributed by atoms with Gasteiger partial charge in [-0.1, -0.05) is 12.1 Å². The highest BCUT2D eigenvalue weighted by Crippen LogP contribution is 2.23. The Morgan fingerprint density at radius 3 is 2.59 bits per heavy atom. The van der Waals surface area contributed by atoms with E-state index in [0.29, 0.717) is 0 Å². The smallest absolute Gasteiger partial charge is 0.140 e. The lowest BCUT2D eigenvalue weighted by Gasteiger charge is -2.20. The van der Waals surface area contributed by atoms with Gasteiger partial charge in [-0.25, -0.2) is 9.97 Å². The van der Waals surface area contributed by atoms with Crippen molar-refractivity contribution >= 4 is 16.7 Å². The number of methoxy groups -OCH3 is 1. The van der Waals surface area contributed by atoms with Crippen molar-refractivity contribution in [2.45, 2.75) is 13.5 Å². The molecule has 2 aromatic heterocycles. The maximum Gasteiger partial charge on any atom is 0.140 e. The van der Waals surface area contributed by atoms with Crippen molar-refractivity contribution in [3.05, 3.63) is 54.1 Å². The summed E-state index contributed by atoms with van der Waals surface area (Å²) in [7, 11) is 3.71. The van der Waals surface area contributed by atoms with Crippen LogP contribution in [0.4, 0.5) is 5.82 Å². The normalized spacial score (nSPS) is 10.7. The molecular formula is C17H18N4O. The van der Waals surface area contributed by atoms with E-state index in [4.69, 9.17) is 4.74 Å². The largest absolute Gasteiger partial charge is 0.497 e. The second-order valence-electron chi connectivity index (χ2n) is 5.19. The third-order valence-corrected chi connectivity index (χ3v) is 3.53. The Hall–Kier alpha value is -2.69. The number of fused-ring (bicyclic) bond motifs is 1. The first-order valence-electron chi connectivity index (χ1n) is 7.10. The van der Waals surface area contributed by atoms with E-state index in [1.807, 2.05) is 32.2 Å². The van der Waals surface area contributed by atoms with Crippen molar-refractivity contribution in [3.8, 4) is 5.75 Å². The van der Waals surface area contributed by atoms with Crippen molar-refractivity contribution in [3.63, 3.8) is 0 Å². The van der Waals surface area contributed by atoms with Crippen molar-refractivity contribution in [2.24, 2.45) is 0 Å². The van der Waals surface area contributed by atoms with Crippen molar-refractivity contribution in [1.29, 1.82) is 0 Å². The Balaban J connectivity index is 1.92. The quantitative estimate of drug-likeness (QED) is 0.740. The molecule has 0 aliphatic carbocycles. The standard InChI is InChI=1S/C17H18N4O/c1-12-19-16-10-18-9-8-15(16)17(20-12)21(2)11-13-4-6-14(22-3)7-5-13/h4-10H,11H2,1-3H3. The highest BCUT2D eigenvalue weighted by molar-refractivity contribution is 5.88. The van der Waals surface area contributed by atoms with Crippen LogP contribution in [0.3, 0.4) is 0 Å². The molecule has 2 heterocycles. The minimum absolute atomic E-state index is 0.747. The van der Waals surface area contributed by atoms with Crippen LogP contribution in [0.5, 0.6) is 5.75 Å². The van der Waals surface area contributed by atoms with Crippen LogP contribution in [0.25, 0.3) is 10.9 Å². The number of rotatable bonds is 4. The number of anilines is 1. The van der Waals surface area contributed by atoms with Crippen molar-refractivity contribution < 1.29 is 4.74 Å². The van der Waals surface area contributed by atoms with Gasteiger partial charge in [-0.15, -0.1) is 0 Å². The van der Waals surface area contributed by atoms with Gasteiger partial charge in [0.2, 0.25) is 0 Å². The van der Waals surface area contributed by atoms with Crippen LogP contribution in [-0.2, 0) is 6.54 Å². The zero-order chi connectivity index (χ0) is 15.5. The van der Waals surface area contributed by atoms with E-state index < -0.39 is 0 Å². The fourth-order valence-electron chi connectivity index (χ4n) is 2.45. The molecule has 5 heteroatoms. The molecule has 0 fully saturated rings. The Morgan fingerprint density at radius 2 is 1.86 bits per heavy atom. The zero-order valence-electron chi connectivity index (χ0n) is 12.9. The molecule has 22 heavy (non-hydrogen) atoms. The van der Waals surface area contributed by atoms with E-state index in [9.17, 15) is 0 Å². The fraction of sp³-hybridized carbons (Fsp3) is 0.235. The van der Waals surface area contributed by atoms with Gasteiger partial charge in [-0.3, -0.25) is 4.98 Å². The van der Waals surface area contributed by atoms with E-state index in [1.54, 1.807) is 19.5 Å². The molecule has 3 aromatic rings. The van der Waals surface area contributed by atoms with Crippen LogP contribution in [0, 0.1) is 6.92 Å². The van der Waals surface area contributed by atoms with Crippen LogP contribution in [-0.4, -0.2) is 29.1 Å². The molecule has 0 atom stereocenters. The highest BCUT2D eigenvalue weighted by atomic mass is 16.5. The predicted molar refractivity (Wildman–Crippen MR) is 87.2 cm³/mol. The van der Waals surface area contributed by atoms with E-state index in [1.165, 1.54) is 5.56 Å². The van der Waals surface area contributed by atoms with Gasteiger partial charge in [0.25, 0.3) is 0 Å². The zero-order valence-corrected chi connectivity index (χ0v) is 12.9. The van der Waals surface area contributed by atoms with Crippen LogP contribution < -0.4 is 9.64 Å². The Labute approximate surface area is 129 Å². The first-order valence-corrected chi connectivity index (χ1v) is 7.10. The molecule has 1 aromatic carbocycles. The number of hydrogen-bond acceptors (Lipinski definition) is 5. The molecule has 0 bridgehead atoms. The summed E-state index contributed by atoms with van der Waals surface area (Å²) in [5.41, 5.74) is 2.06. The van der Waals surface area contributed by atoms with Gasteiger partial charge in [0.15, 0.2) is 0 Å². The van der Waals surface area contributed by atoms with Crippen molar-refractivity contribution in [2.75, 3.05) is 19.1 Å². The van der Waals surface area contributed by atoms with Gasteiger partial charge < -0.3 is 9.64 Å². The summed E-state index contributed by atoms with van der Waals surface area (Å²) < 4.78 is 5.19.